The minimum Gasteiger partial charge on any atom is -0.475 e. The first-order chi connectivity index (χ1) is 8.99. The molecule has 0 aliphatic rings. The van der Waals surface area contributed by atoms with Crippen LogP contribution in [0.5, 0.6) is 0 Å². The first-order valence-electron chi connectivity index (χ1n) is 5.60. The van der Waals surface area contributed by atoms with Gasteiger partial charge in [0.05, 0.1) is 6.26 Å². The van der Waals surface area contributed by atoms with Gasteiger partial charge in [-0.05, 0) is 25.1 Å². The Morgan fingerprint density at radius 3 is 2.47 bits per heavy atom. The fourth-order valence-electron chi connectivity index (χ4n) is 1.66. The zero-order valence-corrected chi connectivity index (χ0v) is 10.5. The zero-order chi connectivity index (χ0) is 14.0. The standard InChI is InChI=1S/C13H13NO5/c1-8-9(5-6-18-8)7-14(2)12(15)10-3-4-11(19-10)13(16)17/h3-6H,7H2,1-2H3,(H,16,17). The van der Waals surface area contributed by atoms with Crippen LogP contribution in [0.3, 0.4) is 0 Å². The Morgan fingerprint density at radius 2 is 1.95 bits per heavy atom. The van der Waals surface area contributed by atoms with E-state index in [0.29, 0.717) is 6.54 Å². The van der Waals surface area contributed by atoms with Gasteiger partial charge in [-0.3, -0.25) is 4.79 Å². The van der Waals surface area contributed by atoms with Gasteiger partial charge >= 0.3 is 5.97 Å². The SMILES string of the molecule is Cc1occc1CN(C)C(=O)c1ccc(C(=O)O)o1. The van der Waals surface area contributed by atoms with Gasteiger partial charge in [0.1, 0.15) is 5.76 Å². The largest absolute Gasteiger partial charge is 0.475 e. The highest BCUT2D eigenvalue weighted by Crippen LogP contribution is 2.15. The molecular formula is C13H13NO5. The summed E-state index contributed by atoms with van der Waals surface area (Å²) in [5, 5.41) is 8.73. The second kappa shape index (κ2) is 5.01. The Kier molecular flexibility index (Phi) is 3.41. The normalized spacial score (nSPS) is 10.4. The van der Waals surface area contributed by atoms with E-state index in [9.17, 15) is 9.59 Å². The molecule has 2 aromatic rings. The van der Waals surface area contributed by atoms with E-state index < -0.39 is 5.97 Å². The fourth-order valence-corrected chi connectivity index (χ4v) is 1.66. The Hall–Kier alpha value is -2.50. The molecule has 1 N–H and O–H groups in total. The summed E-state index contributed by atoms with van der Waals surface area (Å²) in [5.74, 6) is -1.09. The third-order valence-corrected chi connectivity index (χ3v) is 2.75. The lowest BCUT2D eigenvalue weighted by molar-refractivity contribution is 0.0653. The van der Waals surface area contributed by atoms with E-state index in [2.05, 4.69) is 0 Å². The predicted octanol–water partition coefficient (Wildman–Crippen LogP) is 2.15. The van der Waals surface area contributed by atoms with Crippen molar-refractivity contribution in [1.82, 2.24) is 4.90 Å². The zero-order valence-electron chi connectivity index (χ0n) is 10.5. The van der Waals surface area contributed by atoms with Gasteiger partial charge in [-0.15, -0.1) is 0 Å². The summed E-state index contributed by atoms with van der Waals surface area (Å²) in [5.41, 5.74) is 0.890. The molecule has 0 atom stereocenters. The van der Waals surface area contributed by atoms with Crippen LogP contribution in [0, 0.1) is 6.92 Å². The van der Waals surface area contributed by atoms with Crippen LogP contribution in [0.4, 0.5) is 0 Å². The van der Waals surface area contributed by atoms with Crippen molar-refractivity contribution >= 4 is 11.9 Å². The molecule has 0 aliphatic heterocycles. The number of carbonyl (C=O) groups is 2. The van der Waals surface area contributed by atoms with E-state index in [4.69, 9.17) is 13.9 Å². The smallest absolute Gasteiger partial charge is 0.371 e. The molecule has 2 rings (SSSR count). The molecule has 0 saturated heterocycles. The second-order valence-electron chi connectivity index (χ2n) is 4.13. The molecule has 0 bridgehead atoms. The number of carboxylic acids is 1. The van der Waals surface area contributed by atoms with Crippen molar-refractivity contribution < 1.29 is 23.5 Å². The molecule has 19 heavy (non-hydrogen) atoms. The van der Waals surface area contributed by atoms with Gasteiger partial charge in [-0.25, -0.2) is 4.79 Å². The lowest BCUT2D eigenvalue weighted by atomic mass is 10.2. The fraction of sp³-hybridized carbons (Fsp3) is 0.231. The van der Waals surface area contributed by atoms with Gasteiger partial charge in [-0.2, -0.15) is 0 Å². The Bertz CT molecular complexity index is 610. The quantitative estimate of drug-likeness (QED) is 0.913. The molecule has 6 heteroatoms. The monoisotopic (exact) mass is 263 g/mol. The number of nitrogens with zero attached hydrogens (tertiary/aromatic N) is 1. The van der Waals surface area contributed by atoms with Crippen molar-refractivity contribution in [3.63, 3.8) is 0 Å². The van der Waals surface area contributed by atoms with Crippen LogP contribution in [0.2, 0.25) is 0 Å². The maximum Gasteiger partial charge on any atom is 0.371 e. The number of carbonyl (C=O) groups excluding carboxylic acids is 1. The highest BCUT2D eigenvalue weighted by Gasteiger charge is 2.19. The number of hydrogen-bond acceptors (Lipinski definition) is 4. The number of rotatable bonds is 4. The molecule has 2 aromatic heterocycles. The van der Waals surface area contributed by atoms with Crippen molar-refractivity contribution in [3.05, 3.63) is 47.3 Å². The minimum absolute atomic E-state index is 0.000970. The topological polar surface area (TPSA) is 83.9 Å². The number of furan rings is 2. The molecule has 1 amide bonds. The van der Waals surface area contributed by atoms with E-state index in [-0.39, 0.29) is 17.4 Å². The summed E-state index contributed by atoms with van der Waals surface area (Å²) in [6.45, 7) is 2.17. The summed E-state index contributed by atoms with van der Waals surface area (Å²) in [6, 6.07) is 4.39. The molecule has 0 fully saturated rings. The Morgan fingerprint density at radius 1 is 1.26 bits per heavy atom. The van der Waals surface area contributed by atoms with E-state index in [1.807, 2.05) is 6.92 Å². The summed E-state index contributed by atoms with van der Waals surface area (Å²) >= 11 is 0. The van der Waals surface area contributed by atoms with Crippen LogP contribution in [-0.4, -0.2) is 28.9 Å². The van der Waals surface area contributed by atoms with Gasteiger partial charge in [0.2, 0.25) is 5.76 Å². The highest BCUT2D eigenvalue weighted by molar-refractivity contribution is 5.93. The van der Waals surface area contributed by atoms with Gasteiger partial charge in [0.15, 0.2) is 5.76 Å². The predicted molar refractivity (Wildman–Crippen MR) is 64.9 cm³/mol. The number of aryl methyl sites for hydroxylation is 1. The molecule has 0 saturated carbocycles. The average molecular weight is 263 g/mol. The lowest BCUT2D eigenvalue weighted by Gasteiger charge is -2.14. The molecule has 100 valence electrons. The highest BCUT2D eigenvalue weighted by atomic mass is 16.4. The van der Waals surface area contributed by atoms with Crippen LogP contribution in [-0.2, 0) is 6.54 Å². The molecule has 6 nitrogen and oxygen atoms in total. The summed E-state index contributed by atoms with van der Waals surface area (Å²) in [6.07, 6.45) is 1.55. The number of aromatic carboxylic acids is 1. The van der Waals surface area contributed by atoms with Crippen molar-refractivity contribution in [3.8, 4) is 0 Å². The summed E-state index contributed by atoms with van der Waals surface area (Å²) < 4.78 is 10.1. The maximum absolute atomic E-state index is 12.0. The van der Waals surface area contributed by atoms with Crippen LogP contribution >= 0.6 is 0 Å². The molecule has 0 aliphatic carbocycles. The first-order valence-corrected chi connectivity index (χ1v) is 5.60. The molecule has 2 heterocycles. The van der Waals surface area contributed by atoms with Gasteiger partial charge in [-0.1, -0.05) is 0 Å². The summed E-state index contributed by atoms with van der Waals surface area (Å²) in [7, 11) is 1.61. The van der Waals surface area contributed by atoms with E-state index in [1.54, 1.807) is 19.4 Å². The molecule has 0 unspecified atom stereocenters. The number of amides is 1. The maximum atomic E-state index is 12.0. The van der Waals surface area contributed by atoms with Gasteiger partial charge in [0, 0.05) is 19.2 Å². The second-order valence-corrected chi connectivity index (χ2v) is 4.13. The number of carboxylic acid groups (broad SMARTS) is 1. The van der Waals surface area contributed by atoms with E-state index in [1.165, 1.54) is 17.0 Å². The van der Waals surface area contributed by atoms with Crippen molar-refractivity contribution in [2.45, 2.75) is 13.5 Å². The summed E-state index contributed by atoms with van der Waals surface area (Å²) in [4.78, 5) is 24.1. The third-order valence-electron chi connectivity index (χ3n) is 2.75. The minimum atomic E-state index is -1.20. The Labute approximate surface area is 109 Å². The van der Waals surface area contributed by atoms with Gasteiger partial charge in [0.25, 0.3) is 5.91 Å². The Balaban J connectivity index is 2.10. The van der Waals surface area contributed by atoms with Crippen LogP contribution in [0.1, 0.15) is 32.4 Å². The van der Waals surface area contributed by atoms with Crippen molar-refractivity contribution in [2.75, 3.05) is 7.05 Å². The van der Waals surface area contributed by atoms with Gasteiger partial charge < -0.3 is 18.8 Å². The van der Waals surface area contributed by atoms with Crippen LogP contribution in [0.15, 0.2) is 33.3 Å². The van der Waals surface area contributed by atoms with Crippen molar-refractivity contribution in [1.29, 1.82) is 0 Å². The molecular weight excluding hydrogens is 250 g/mol. The average Bonchev–Trinajstić information content (AvgIpc) is 2.98. The van der Waals surface area contributed by atoms with Crippen molar-refractivity contribution in [2.24, 2.45) is 0 Å². The molecule has 0 spiro atoms. The van der Waals surface area contributed by atoms with E-state index >= 15 is 0 Å². The van der Waals surface area contributed by atoms with E-state index in [0.717, 1.165) is 11.3 Å². The number of hydrogen-bond donors (Lipinski definition) is 1. The van der Waals surface area contributed by atoms with Crippen LogP contribution < -0.4 is 0 Å². The lowest BCUT2D eigenvalue weighted by Crippen LogP contribution is -2.25. The molecule has 0 aromatic carbocycles. The first kappa shape index (κ1) is 12.9. The third kappa shape index (κ3) is 2.67. The molecule has 0 radical (unpaired) electrons. The van der Waals surface area contributed by atoms with Crippen LogP contribution in [0.25, 0.3) is 0 Å².